The maximum absolute atomic E-state index is 13.1. The average molecular weight is 452 g/mol. The number of benzene rings is 1. The summed E-state index contributed by atoms with van der Waals surface area (Å²) in [6.07, 6.45) is 3.83. The van der Waals surface area contributed by atoms with E-state index in [0.717, 1.165) is 32.1 Å². The van der Waals surface area contributed by atoms with Crippen LogP contribution in [0.25, 0.3) is 0 Å². The predicted molar refractivity (Wildman–Crippen MR) is 117 cm³/mol. The molecule has 1 saturated carbocycles. The van der Waals surface area contributed by atoms with E-state index >= 15 is 0 Å². The van der Waals surface area contributed by atoms with E-state index in [1.165, 1.54) is 50.0 Å². The summed E-state index contributed by atoms with van der Waals surface area (Å²) >= 11 is 0. The molecule has 3 fully saturated rings. The molecule has 0 bridgehead atoms. The lowest BCUT2D eigenvalue weighted by atomic mass is 9.96. The van der Waals surface area contributed by atoms with Crippen LogP contribution in [0.5, 0.6) is 11.5 Å². The van der Waals surface area contributed by atoms with E-state index in [-0.39, 0.29) is 16.7 Å². The highest BCUT2D eigenvalue weighted by Crippen LogP contribution is 2.33. The fraction of sp³-hybridized carbons (Fsp3) is 0.682. The Morgan fingerprint density at radius 2 is 1.58 bits per heavy atom. The van der Waals surface area contributed by atoms with E-state index in [0.29, 0.717) is 37.4 Å². The van der Waals surface area contributed by atoms with Gasteiger partial charge in [0.15, 0.2) is 11.5 Å². The molecule has 1 amide bonds. The van der Waals surface area contributed by atoms with Crippen LogP contribution in [-0.2, 0) is 14.8 Å². The van der Waals surface area contributed by atoms with Gasteiger partial charge in [-0.1, -0.05) is 0 Å². The van der Waals surface area contributed by atoms with Gasteiger partial charge >= 0.3 is 0 Å². The van der Waals surface area contributed by atoms with E-state index in [2.05, 4.69) is 4.90 Å². The van der Waals surface area contributed by atoms with Gasteiger partial charge in [-0.25, -0.2) is 8.42 Å². The van der Waals surface area contributed by atoms with Crippen LogP contribution >= 0.6 is 0 Å². The first-order chi connectivity index (χ1) is 14.9. The van der Waals surface area contributed by atoms with Crippen molar-refractivity contribution in [2.45, 2.75) is 30.6 Å². The molecular weight excluding hydrogens is 418 g/mol. The van der Waals surface area contributed by atoms with Crippen LogP contribution in [0.1, 0.15) is 25.7 Å². The SMILES string of the molecule is COc1ccc(S(=O)(=O)N2CCC(C(=O)N3CCN(CC4CC4)CC3)CC2)cc1OC. The number of rotatable bonds is 7. The lowest BCUT2D eigenvalue weighted by Gasteiger charge is -2.38. The summed E-state index contributed by atoms with van der Waals surface area (Å²) in [6.45, 7) is 5.37. The molecule has 2 heterocycles. The van der Waals surface area contributed by atoms with Crippen molar-refractivity contribution >= 4 is 15.9 Å². The Balaban J connectivity index is 1.32. The van der Waals surface area contributed by atoms with Crippen molar-refractivity contribution < 1.29 is 22.7 Å². The second kappa shape index (κ2) is 9.34. The zero-order valence-corrected chi connectivity index (χ0v) is 19.3. The number of carbonyl (C=O) groups excluding carboxylic acids is 1. The van der Waals surface area contributed by atoms with Crippen molar-refractivity contribution in [2.24, 2.45) is 11.8 Å². The minimum Gasteiger partial charge on any atom is -0.493 e. The zero-order chi connectivity index (χ0) is 22.0. The van der Waals surface area contributed by atoms with Crippen molar-refractivity contribution in [3.63, 3.8) is 0 Å². The summed E-state index contributed by atoms with van der Waals surface area (Å²) in [6, 6.07) is 4.63. The van der Waals surface area contributed by atoms with Gasteiger partial charge in [-0.3, -0.25) is 9.69 Å². The number of ether oxygens (including phenoxy) is 2. The largest absolute Gasteiger partial charge is 0.493 e. The van der Waals surface area contributed by atoms with E-state index in [1.807, 2.05) is 4.90 Å². The molecule has 8 nitrogen and oxygen atoms in total. The molecule has 9 heteroatoms. The standard InChI is InChI=1S/C22H33N3O5S/c1-29-20-6-5-19(15-21(20)30-2)31(27,28)25-9-7-18(8-10-25)22(26)24-13-11-23(12-14-24)16-17-3-4-17/h5-6,15,17-18H,3-4,7-14,16H2,1-2H3. The van der Waals surface area contributed by atoms with E-state index in [4.69, 9.17) is 9.47 Å². The normalized spacial score (nSPS) is 21.8. The van der Waals surface area contributed by atoms with Gasteiger partial charge in [-0.15, -0.1) is 0 Å². The van der Waals surface area contributed by atoms with Crippen LogP contribution in [0.15, 0.2) is 23.1 Å². The molecule has 0 radical (unpaired) electrons. The van der Waals surface area contributed by atoms with Gasteiger partial charge in [0.1, 0.15) is 0 Å². The van der Waals surface area contributed by atoms with Crippen molar-refractivity contribution in [3.05, 3.63) is 18.2 Å². The molecule has 0 atom stereocenters. The highest BCUT2D eigenvalue weighted by molar-refractivity contribution is 7.89. The fourth-order valence-corrected chi connectivity index (χ4v) is 6.03. The minimum atomic E-state index is -3.64. The second-order valence-electron chi connectivity index (χ2n) is 8.76. The second-order valence-corrected chi connectivity index (χ2v) is 10.7. The van der Waals surface area contributed by atoms with Gasteiger partial charge in [0.05, 0.1) is 19.1 Å². The van der Waals surface area contributed by atoms with Crippen molar-refractivity contribution in [1.29, 1.82) is 0 Å². The van der Waals surface area contributed by atoms with Crippen molar-refractivity contribution in [2.75, 3.05) is 60.0 Å². The van der Waals surface area contributed by atoms with Crippen molar-refractivity contribution in [1.82, 2.24) is 14.1 Å². The number of methoxy groups -OCH3 is 2. The topological polar surface area (TPSA) is 79.4 Å². The molecule has 4 rings (SSSR count). The Morgan fingerprint density at radius 3 is 2.16 bits per heavy atom. The quantitative estimate of drug-likeness (QED) is 0.627. The molecule has 172 valence electrons. The van der Waals surface area contributed by atoms with Gasteiger partial charge in [-0.05, 0) is 43.7 Å². The molecule has 3 aliphatic rings. The van der Waals surface area contributed by atoms with Crippen molar-refractivity contribution in [3.8, 4) is 11.5 Å². The van der Waals surface area contributed by atoms with Gasteiger partial charge in [-0.2, -0.15) is 4.31 Å². The van der Waals surface area contributed by atoms with Crippen LogP contribution in [0.2, 0.25) is 0 Å². The summed E-state index contributed by atoms with van der Waals surface area (Å²) < 4.78 is 38.1. The third-order valence-electron chi connectivity index (χ3n) is 6.69. The molecular formula is C22H33N3O5S. The van der Waals surface area contributed by atoms with E-state index in [1.54, 1.807) is 6.07 Å². The Morgan fingerprint density at radius 1 is 0.935 bits per heavy atom. The average Bonchev–Trinajstić information content (AvgIpc) is 3.62. The number of hydrogen-bond donors (Lipinski definition) is 0. The highest BCUT2D eigenvalue weighted by Gasteiger charge is 2.35. The molecule has 1 aromatic carbocycles. The first kappa shape index (κ1) is 22.4. The third kappa shape index (κ3) is 4.99. The molecule has 2 saturated heterocycles. The van der Waals surface area contributed by atoms with Crippen LogP contribution in [0, 0.1) is 11.8 Å². The zero-order valence-electron chi connectivity index (χ0n) is 18.5. The minimum absolute atomic E-state index is 0.0909. The number of amides is 1. The predicted octanol–water partition coefficient (Wildman–Crippen LogP) is 1.66. The number of sulfonamides is 1. The summed E-state index contributed by atoms with van der Waals surface area (Å²) in [4.78, 5) is 17.6. The smallest absolute Gasteiger partial charge is 0.243 e. The first-order valence-corrected chi connectivity index (χ1v) is 12.6. The Bertz CT molecular complexity index is 886. The fourth-order valence-electron chi connectivity index (χ4n) is 4.54. The van der Waals surface area contributed by atoms with Crippen LogP contribution in [0.4, 0.5) is 0 Å². The summed E-state index contributed by atoms with van der Waals surface area (Å²) in [5.41, 5.74) is 0. The molecule has 1 aliphatic carbocycles. The summed E-state index contributed by atoms with van der Waals surface area (Å²) in [7, 11) is -0.642. The monoisotopic (exact) mass is 451 g/mol. The highest BCUT2D eigenvalue weighted by atomic mass is 32.2. The third-order valence-corrected chi connectivity index (χ3v) is 8.59. The molecule has 0 unspecified atom stereocenters. The lowest BCUT2D eigenvalue weighted by Crippen LogP contribution is -2.52. The van der Waals surface area contributed by atoms with Gasteiger partial charge in [0, 0.05) is 57.8 Å². The number of piperidine rings is 1. The first-order valence-electron chi connectivity index (χ1n) is 11.2. The number of nitrogens with zero attached hydrogens (tertiary/aromatic N) is 3. The number of piperazine rings is 1. The molecule has 0 spiro atoms. The number of hydrogen-bond acceptors (Lipinski definition) is 6. The summed E-state index contributed by atoms with van der Waals surface area (Å²) in [5, 5.41) is 0. The maximum Gasteiger partial charge on any atom is 0.243 e. The Kier molecular flexibility index (Phi) is 6.74. The lowest BCUT2D eigenvalue weighted by molar-refractivity contribution is -0.138. The molecule has 2 aliphatic heterocycles. The molecule has 0 N–H and O–H groups in total. The van der Waals surface area contributed by atoms with Gasteiger partial charge in [0.25, 0.3) is 0 Å². The maximum atomic E-state index is 13.1. The van der Waals surface area contributed by atoms with Gasteiger partial charge in [0.2, 0.25) is 15.9 Å². The Hall–Kier alpha value is -1.84. The number of carbonyl (C=O) groups is 1. The molecule has 31 heavy (non-hydrogen) atoms. The summed E-state index contributed by atoms with van der Waals surface area (Å²) in [5.74, 6) is 1.85. The molecule has 1 aromatic rings. The Labute approximate surface area is 185 Å². The van der Waals surface area contributed by atoms with Crippen LogP contribution < -0.4 is 9.47 Å². The van der Waals surface area contributed by atoms with Crippen LogP contribution in [0.3, 0.4) is 0 Å². The van der Waals surface area contributed by atoms with E-state index < -0.39 is 10.0 Å². The van der Waals surface area contributed by atoms with E-state index in [9.17, 15) is 13.2 Å². The van der Waals surface area contributed by atoms with Crippen LogP contribution in [-0.4, -0.2) is 88.5 Å². The molecule has 0 aromatic heterocycles. The van der Waals surface area contributed by atoms with Gasteiger partial charge < -0.3 is 14.4 Å².